The van der Waals surface area contributed by atoms with Crippen molar-refractivity contribution in [3.05, 3.63) is 0 Å². The highest BCUT2D eigenvalue weighted by molar-refractivity contribution is 5.29. The number of aliphatic hydroxyl groups is 3. The first-order valence-electron chi connectivity index (χ1n) is 9.75. The van der Waals surface area contributed by atoms with Gasteiger partial charge in [-0.25, -0.2) is 0 Å². The second-order valence-electron chi connectivity index (χ2n) is 10.6. The lowest BCUT2D eigenvalue weighted by atomic mass is 9.39. The summed E-state index contributed by atoms with van der Waals surface area (Å²) in [6, 6.07) is 0. The average molecular weight is 320 g/mol. The number of fused-ring (bicyclic) bond motifs is 1. The molecule has 6 rings (SSSR count). The zero-order valence-corrected chi connectivity index (χ0v) is 14.6. The topological polar surface area (TPSA) is 60.7 Å². The van der Waals surface area contributed by atoms with E-state index in [-0.39, 0.29) is 40.3 Å². The maximum absolute atomic E-state index is 11.2. The molecule has 9 atom stereocenters. The highest BCUT2D eigenvalue weighted by atomic mass is 16.3. The minimum absolute atomic E-state index is 0.119. The monoisotopic (exact) mass is 320 g/mol. The van der Waals surface area contributed by atoms with Gasteiger partial charge in [-0.05, 0) is 78.4 Å². The van der Waals surface area contributed by atoms with Crippen molar-refractivity contribution in [2.24, 2.45) is 45.3 Å². The van der Waals surface area contributed by atoms with E-state index < -0.39 is 0 Å². The van der Waals surface area contributed by atoms with Crippen molar-refractivity contribution >= 4 is 0 Å². The molecule has 6 aliphatic rings. The second kappa shape index (κ2) is 4.16. The van der Waals surface area contributed by atoms with Gasteiger partial charge in [-0.1, -0.05) is 20.3 Å². The van der Waals surface area contributed by atoms with Crippen molar-refractivity contribution in [1.82, 2.24) is 0 Å². The summed E-state index contributed by atoms with van der Waals surface area (Å²) in [5.41, 5.74) is 0.559. The molecule has 3 heteroatoms. The highest BCUT2D eigenvalue weighted by Gasteiger charge is 2.80. The van der Waals surface area contributed by atoms with Crippen LogP contribution in [0.15, 0.2) is 0 Å². The van der Waals surface area contributed by atoms with E-state index in [2.05, 4.69) is 13.8 Å². The van der Waals surface area contributed by atoms with Gasteiger partial charge in [0.1, 0.15) is 0 Å². The van der Waals surface area contributed by atoms with E-state index in [4.69, 9.17) is 0 Å². The van der Waals surface area contributed by atoms with Gasteiger partial charge in [-0.2, -0.15) is 0 Å². The van der Waals surface area contributed by atoms with Gasteiger partial charge in [0.15, 0.2) is 0 Å². The molecular weight excluding hydrogens is 288 g/mol. The van der Waals surface area contributed by atoms with Gasteiger partial charge in [-0.3, -0.25) is 0 Å². The highest BCUT2D eigenvalue weighted by Crippen LogP contribution is 2.85. The van der Waals surface area contributed by atoms with Crippen LogP contribution in [0.4, 0.5) is 0 Å². The molecule has 0 saturated heterocycles. The van der Waals surface area contributed by atoms with Gasteiger partial charge >= 0.3 is 0 Å². The molecule has 130 valence electrons. The molecule has 3 nitrogen and oxygen atoms in total. The average Bonchev–Trinajstić information content (AvgIpc) is 3.01. The predicted octanol–water partition coefficient (Wildman–Crippen LogP) is 2.58. The van der Waals surface area contributed by atoms with Gasteiger partial charge < -0.3 is 15.3 Å². The van der Waals surface area contributed by atoms with Crippen molar-refractivity contribution in [2.75, 3.05) is 13.2 Å². The normalized spacial score (nSPS) is 65.9. The van der Waals surface area contributed by atoms with Crippen LogP contribution in [0.25, 0.3) is 0 Å². The van der Waals surface area contributed by atoms with Crippen molar-refractivity contribution < 1.29 is 15.3 Å². The van der Waals surface area contributed by atoms with Crippen molar-refractivity contribution in [2.45, 2.75) is 64.9 Å². The van der Waals surface area contributed by atoms with Crippen LogP contribution in [0, 0.1) is 45.3 Å². The van der Waals surface area contributed by atoms with Crippen LogP contribution in [0.3, 0.4) is 0 Å². The molecule has 1 unspecified atom stereocenters. The third-order valence-electron chi connectivity index (χ3n) is 9.77. The lowest BCUT2D eigenvalue weighted by molar-refractivity contribution is -0.219. The first-order valence-corrected chi connectivity index (χ1v) is 9.75. The number of aliphatic hydroxyl groups excluding tert-OH is 3. The van der Waals surface area contributed by atoms with Crippen LogP contribution in [-0.2, 0) is 0 Å². The van der Waals surface area contributed by atoms with E-state index in [1.165, 1.54) is 25.7 Å². The fraction of sp³-hybridized carbons (Fsp3) is 1.00. The summed E-state index contributed by atoms with van der Waals surface area (Å²) < 4.78 is 0. The Kier molecular flexibility index (Phi) is 2.74. The fourth-order valence-corrected chi connectivity index (χ4v) is 9.16. The van der Waals surface area contributed by atoms with E-state index in [1.54, 1.807) is 0 Å². The van der Waals surface area contributed by atoms with Gasteiger partial charge in [-0.15, -0.1) is 0 Å². The molecule has 0 radical (unpaired) electrons. The Morgan fingerprint density at radius 2 is 1.78 bits per heavy atom. The Labute approximate surface area is 139 Å². The Balaban J connectivity index is 1.57. The Bertz CT molecular complexity index is 549. The van der Waals surface area contributed by atoms with Gasteiger partial charge in [0.2, 0.25) is 0 Å². The second-order valence-corrected chi connectivity index (χ2v) is 10.6. The summed E-state index contributed by atoms with van der Waals surface area (Å²) in [6.45, 7) is 5.21. The van der Waals surface area contributed by atoms with Crippen molar-refractivity contribution in [3.8, 4) is 0 Å². The van der Waals surface area contributed by atoms with Gasteiger partial charge in [0, 0.05) is 18.6 Å². The molecule has 6 saturated carbocycles. The summed E-state index contributed by atoms with van der Waals surface area (Å²) in [6.07, 6.45) is 7.75. The summed E-state index contributed by atoms with van der Waals surface area (Å²) in [5, 5.41) is 31.2. The standard InChI is InChI=1S/C20H32O3/c1-17(10-21)4-3-5-18(2)15-6-12-13-7-19(15,8-14(23)16(17)18)9-20(12,13)11-22/h12-16,21-23H,3-11H2,1-2H3/t12-,13?,14-,15+,16-,17+,18+,19-,20+/m1/s1. The Morgan fingerprint density at radius 1 is 1.00 bits per heavy atom. The van der Waals surface area contributed by atoms with E-state index in [1.807, 2.05) is 0 Å². The third kappa shape index (κ3) is 1.50. The maximum Gasteiger partial charge on any atom is 0.0585 e. The molecule has 4 bridgehead atoms. The minimum atomic E-state index is -0.279. The quantitative estimate of drug-likeness (QED) is 0.733. The number of rotatable bonds is 2. The summed E-state index contributed by atoms with van der Waals surface area (Å²) in [5.74, 6) is 2.42. The molecule has 1 spiro atoms. The van der Waals surface area contributed by atoms with Crippen LogP contribution < -0.4 is 0 Å². The molecule has 0 amide bonds. The lowest BCUT2D eigenvalue weighted by Gasteiger charge is -2.67. The van der Waals surface area contributed by atoms with Gasteiger partial charge in [0.05, 0.1) is 6.10 Å². The molecule has 6 fully saturated rings. The summed E-state index contributed by atoms with van der Waals surface area (Å²) in [7, 11) is 0. The molecule has 0 aromatic heterocycles. The van der Waals surface area contributed by atoms with E-state index in [0.29, 0.717) is 12.5 Å². The molecule has 23 heavy (non-hydrogen) atoms. The first kappa shape index (κ1) is 15.2. The smallest absolute Gasteiger partial charge is 0.0585 e. The SMILES string of the molecule is C[C@@]1(CO)CCC[C@]2(C)[C@@H]1[C@H](O)C[C@@]13CC4[C@@H](C[C@H]12)[C@@]4(CO)C3. The largest absolute Gasteiger partial charge is 0.396 e. The van der Waals surface area contributed by atoms with E-state index in [9.17, 15) is 15.3 Å². The van der Waals surface area contributed by atoms with Gasteiger partial charge in [0.25, 0.3) is 0 Å². The lowest BCUT2D eigenvalue weighted by Crippen LogP contribution is -2.63. The third-order valence-corrected chi connectivity index (χ3v) is 9.77. The predicted molar refractivity (Wildman–Crippen MR) is 87.5 cm³/mol. The molecular formula is C20H32O3. The van der Waals surface area contributed by atoms with E-state index >= 15 is 0 Å². The molecule has 0 aromatic carbocycles. The molecule has 0 heterocycles. The zero-order valence-electron chi connectivity index (χ0n) is 14.6. The van der Waals surface area contributed by atoms with Crippen molar-refractivity contribution in [1.29, 1.82) is 0 Å². The number of hydrogen-bond acceptors (Lipinski definition) is 3. The van der Waals surface area contributed by atoms with Crippen LogP contribution in [0.5, 0.6) is 0 Å². The zero-order chi connectivity index (χ0) is 16.3. The van der Waals surface area contributed by atoms with E-state index in [0.717, 1.165) is 31.1 Å². The first-order chi connectivity index (χ1) is 10.9. The van der Waals surface area contributed by atoms with Crippen LogP contribution in [-0.4, -0.2) is 34.6 Å². The number of hydrogen-bond donors (Lipinski definition) is 3. The summed E-state index contributed by atoms with van der Waals surface area (Å²) in [4.78, 5) is 0. The minimum Gasteiger partial charge on any atom is -0.396 e. The molecule has 0 aromatic rings. The fourth-order valence-electron chi connectivity index (χ4n) is 9.16. The van der Waals surface area contributed by atoms with Crippen LogP contribution in [0.1, 0.15) is 58.8 Å². The van der Waals surface area contributed by atoms with Crippen molar-refractivity contribution in [3.63, 3.8) is 0 Å². The Hall–Kier alpha value is -0.120. The van der Waals surface area contributed by atoms with Crippen LogP contribution in [0.2, 0.25) is 0 Å². The maximum atomic E-state index is 11.2. The Morgan fingerprint density at radius 3 is 2.43 bits per heavy atom. The summed E-state index contributed by atoms with van der Waals surface area (Å²) >= 11 is 0. The molecule has 0 aliphatic heterocycles. The molecule has 6 aliphatic carbocycles. The van der Waals surface area contributed by atoms with Crippen LogP contribution >= 0.6 is 0 Å². The molecule has 3 N–H and O–H groups in total.